The molecule has 0 saturated carbocycles. The second-order valence-corrected chi connectivity index (χ2v) is 3.37. The van der Waals surface area contributed by atoms with Crippen molar-refractivity contribution in [2.24, 2.45) is 0 Å². The molecule has 0 atom stereocenters. The van der Waals surface area contributed by atoms with E-state index in [0.29, 0.717) is 6.42 Å². The number of hydrogen-bond donors (Lipinski definition) is 2. The Morgan fingerprint density at radius 3 is 2.69 bits per heavy atom. The van der Waals surface area contributed by atoms with Gasteiger partial charge < -0.3 is 4.42 Å². The molecule has 3 nitrogen and oxygen atoms in total. The Morgan fingerprint density at radius 2 is 1.94 bits per heavy atom. The van der Waals surface area contributed by atoms with Gasteiger partial charge in [-0.05, 0) is 12.1 Å². The third-order valence-electron chi connectivity index (χ3n) is 2.23. The van der Waals surface area contributed by atoms with Crippen LogP contribution in [0.4, 0.5) is 0 Å². The average molecular weight is 215 g/mol. The van der Waals surface area contributed by atoms with Crippen molar-refractivity contribution in [2.45, 2.75) is 6.42 Å². The van der Waals surface area contributed by atoms with Crippen LogP contribution in [0.2, 0.25) is 0 Å². The monoisotopic (exact) mass is 215 g/mol. The van der Waals surface area contributed by atoms with Crippen molar-refractivity contribution < 1.29 is 9.62 Å². The van der Waals surface area contributed by atoms with Crippen LogP contribution in [0.15, 0.2) is 59.2 Å². The van der Waals surface area contributed by atoms with Gasteiger partial charge in [-0.25, -0.2) is 0 Å². The van der Waals surface area contributed by atoms with Crippen LogP contribution in [-0.4, -0.2) is 5.21 Å². The molecule has 0 aliphatic carbocycles. The molecule has 1 aromatic heterocycles. The molecule has 0 saturated heterocycles. The quantitative estimate of drug-likeness (QED) is 0.771. The molecular formula is C13H13NO2. The molecule has 0 spiro atoms. The topological polar surface area (TPSA) is 45.4 Å². The zero-order valence-electron chi connectivity index (χ0n) is 8.76. The molecule has 2 rings (SSSR count). The summed E-state index contributed by atoms with van der Waals surface area (Å²) >= 11 is 0. The molecule has 0 radical (unpaired) electrons. The van der Waals surface area contributed by atoms with E-state index in [2.05, 4.69) is 0 Å². The number of hydroxylamine groups is 1. The number of rotatable bonds is 4. The molecule has 1 heterocycles. The lowest BCUT2D eigenvalue weighted by Gasteiger charge is -1.95. The molecule has 0 amide bonds. The minimum absolute atomic E-state index is 0.653. The molecule has 0 fully saturated rings. The Balaban J connectivity index is 2.11. The van der Waals surface area contributed by atoms with Crippen molar-refractivity contribution in [3.05, 3.63) is 60.5 Å². The second-order valence-electron chi connectivity index (χ2n) is 3.37. The van der Waals surface area contributed by atoms with Crippen molar-refractivity contribution in [2.75, 3.05) is 0 Å². The lowest BCUT2D eigenvalue weighted by molar-refractivity contribution is 0.214. The van der Waals surface area contributed by atoms with E-state index in [0.717, 1.165) is 17.1 Å². The highest BCUT2D eigenvalue weighted by Gasteiger charge is 2.02. The fourth-order valence-corrected chi connectivity index (χ4v) is 1.47. The highest BCUT2D eigenvalue weighted by atomic mass is 16.5. The van der Waals surface area contributed by atoms with E-state index in [4.69, 9.17) is 9.62 Å². The Morgan fingerprint density at radius 1 is 1.12 bits per heavy atom. The Bertz CT molecular complexity index is 460. The summed E-state index contributed by atoms with van der Waals surface area (Å²) in [5.41, 5.74) is 3.02. The van der Waals surface area contributed by atoms with E-state index < -0.39 is 0 Å². The van der Waals surface area contributed by atoms with Gasteiger partial charge in [0.05, 0.1) is 0 Å². The summed E-state index contributed by atoms with van der Waals surface area (Å²) in [6.07, 6.45) is 3.90. The predicted octanol–water partition coefficient (Wildman–Crippen LogP) is 2.98. The fraction of sp³-hybridized carbons (Fsp3) is 0.0769. The molecular weight excluding hydrogens is 202 g/mol. The van der Waals surface area contributed by atoms with Crippen molar-refractivity contribution >= 4 is 0 Å². The fourth-order valence-electron chi connectivity index (χ4n) is 1.47. The normalized spacial score (nSPS) is 10.8. The molecule has 16 heavy (non-hydrogen) atoms. The maximum absolute atomic E-state index is 8.36. The molecule has 0 aliphatic heterocycles. The molecule has 0 unspecified atom stereocenters. The molecule has 82 valence electrons. The Hall–Kier alpha value is -2.00. The van der Waals surface area contributed by atoms with E-state index in [1.54, 1.807) is 6.08 Å². The van der Waals surface area contributed by atoms with Gasteiger partial charge in [0.1, 0.15) is 11.5 Å². The third kappa shape index (κ3) is 2.52. The van der Waals surface area contributed by atoms with E-state index in [1.807, 2.05) is 47.9 Å². The molecule has 0 aliphatic rings. The summed E-state index contributed by atoms with van der Waals surface area (Å²) in [5.74, 6) is 1.73. The number of allylic oxidation sites excluding steroid dienone is 1. The Kier molecular flexibility index (Phi) is 3.41. The summed E-state index contributed by atoms with van der Waals surface area (Å²) in [7, 11) is 0. The summed E-state index contributed by atoms with van der Waals surface area (Å²) in [4.78, 5) is 0. The van der Waals surface area contributed by atoms with Crippen molar-refractivity contribution in [3.63, 3.8) is 0 Å². The van der Waals surface area contributed by atoms with E-state index in [-0.39, 0.29) is 0 Å². The van der Waals surface area contributed by atoms with Crippen LogP contribution >= 0.6 is 0 Å². The largest absolute Gasteiger partial charge is 0.461 e. The van der Waals surface area contributed by atoms with Gasteiger partial charge in [0.15, 0.2) is 0 Å². The zero-order valence-corrected chi connectivity index (χ0v) is 8.76. The summed E-state index contributed by atoms with van der Waals surface area (Å²) in [6.45, 7) is 0. The number of hydrogen-bond acceptors (Lipinski definition) is 3. The minimum atomic E-state index is 0.653. The first-order valence-electron chi connectivity index (χ1n) is 5.09. The van der Waals surface area contributed by atoms with E-state index in [1.165, 1.54) is 6.20 Å². The lowest BCUT2D eigenvalue weighted by atomic mass is 10.2. The third-order valence-corrected chi connectivity index (χ3v) is 2.23. The van der Waals surface area contributed by atoms with Crippen molar-refractivity contribution in [1.82, 2.24) is 5.48 Å². The average Bonchev–Trinajstić information content (AvgIpc) is 2.79. The lowest BCUT2D eigenvalue weighted by Crippen LogP contribution is -1.92. The first-order chi connectivity index (χ1) is 7.90. The van der Waals surface area contributed by atoms with Gasteiger partial charge in [-0.1, -0.05) is 36.4 Å². The molecule has 2 aromatic rings. The van der Waals surface area contributed by atoms with Gasteiger partial charge in [-0.2, -0.15) is 0 Å². The van der Waals surface area contributed by atoms with Gasteiger partial charge in [-0.15, -0.1) is 0 Å². The highest BCUT2D eigenvalue weighted by molar-refractivity contribution is 5.57. The molecule has 1 aromatic carbocycles. The maximum atomic E-state index is 8.36. The van der Waals surface area contributed by atoms with Gasteiger partial charge in [0.2, 0.25) is 0 Å². The summed E-state index contributed by atoms with van der Waals surface area (Å²) < 4.78 is 5.66. The van der Waals surface area contributed by atoms with Crippen LogP contribution in [0.25, 0.3) is 11.3 Å². The number of nitrogens with one attached hydrogen (secondary N) is 1. The highest BCUT2D eigenvalue weighted by Crippen LogP contribution is 2.21. The van der Waals surface area contributed by atoms with Crippen LogP contribution in [0.1, 0.15) is 5.76 Å². The van der Waals surface area contributed by atoms with Crippen LogP contribution in [0.3, 0.4) is 0 Å². The molecule has 3 heteroatoms. The first-order valence-corrected chi connectivity index (χ1v) is 5.09. The SMILES string of the molecule is ONC=CCc1ccc(-c2ccccc2)o1. The zero-order chi connectivity index (χ0) is 11.2. The predicted molar refractivity (Wildman–Crippen MR) is 61.9 cm³/mol. The second kappa shape index (κ2) is 5.19. The number of benzene rings is 1. The van der Waals surface area contributed by atoms with Gasteiger partial charge in [0.25, 0.3) is 0 Å². The van der Waals surface area contributed by atoms with E-state index >= 15 is 0 Å². The van der Waals surface area contributed by atoms with Crippen molar-refractivity contribution in [3.8, 4) is 11.3 Å². The van der Waals surface area contributed by atoms with E-state index in [9.17, 15) is 0 Å². The maximum Gasteiger partial charge on any atom is 0.134 e. The van der Waals surface area contributed by atoms with Crippen LogP contribution in [0.5, 0.6) is 0 Å². The van der Waals surface area contributed by atoms with Crippen LogP contribution < -0.4 is 5.48 Å². The van der Waals surface area contributed by atoms with Gasteiger partial charge in [-0.3, -0.25) is 10.7 Å². The molecule has 2 N–H and O–H groups in total. The Labute approximate surface area is 94.0 Å². The van der Waals surface area contributed by atoms with Crippen LogP contribution in [-0.2, 0) is 6.42 Å². The van der Waals surface area contributed by atoms with Crippen LogP contribution in [0, 0.1) is 0 Å². The van der Waals surface area contributed by atoms with Gasteiger partial charge in [0, 0.05) is 18.2 Å². The first kappa shape index (κ1) is 10.5. The smallest absolute Gasteiger partial charge is 0.134 e. The van der Waals surface area contributed by atoms with Gasteiger partial charge >= 0.3 is 0 Å². The summed E-state index contributed by atoms with van der Waals surface area (Å²) in [5, 5.41) is 8.36. The number of furan rings is 1. The van der Waals surface area contributed by atoms with Crippen molar-refractivity contribution in [1.29, 1.82) is 0 Å². The summed E-state index contributed by atoms with van der Waals surface area (Å²) in [6, 6.07) is 13.8. The standard InChI is InChI=1S/C13H13NO2/c15-14-10-4-7-12-8-9-13(16-12)11-5-2-1-3-6-11/h1-6,8-10,14-15H,7H2. The minimum Gasteiger partial charge on any atom is -0.461 e. The molecule has 0 bridgehead atoms.